The summed E-state index contributed by atoms with van der Waals surface area (Å²) in [6.07, 6.45) is 6.62. The quantitative estimate of drug-likeness (QED) is 0.702. The summed E-state index contributed by atoms with van der Waals surface area (Å²) in [5.41, 5.74) is 0.705. The highest BCUT2D eigenvalue weighted by Gasteiger charge is 2.35. The summed E-state index contributed by atoms with van der Waals surface area (Å²) < 4.78 is 35.4. The van der Waals surface area contributed by atoms with E-state index in [-0.39, 0.29) is 17.1 Å². The average molecular weight is 340 g/mol. The van der Waals surface area contributed by atoms with Crippen molar-refractivity contribution in [3.05, 3.63) is 29.8 Å². The molecule has 0 N–H and O–H groups in total. The molecule has 0 radical (unpaired) electrons. The van der Waals surface area contributed by atoms with Crippen LogP contribution in [0.25, 0.3) is 0 Å². The van der Waals surface area contributed by atoms with Gasteiger partial charge in [0.15, 0.2) is 0 Å². The van der Waals surface area contributed by atoms with Gasteiger partial charge >= 0.3 is 0 Å². The van der Waals surface area contributed by atoms with Crippen LogP contribution in [0, 0.1) is 12.8 Å². The summed E-state index contributed by atoms with van der Waals surface area (Å²) in [6.45, 7) is 4.15. The highest BCUT2D eigenvalue weighted by molar-refractivity contribution is 7.86. The van der Waals surface area contributed by atoms with Gasteiger partial charge in [-0.15, -0.1) is 0 Å². The Hall–Kier alpha value is -0.910. The van der Waals surface area contributed by atoms with E-state index in [4.69, 9.17) is 8.92 Å². The zero-order chi connectivity index (χ0) is 16.9. The van der Waals surface area contributed by atoms with Crippen LogP contribution in [0.1, 0.15) is 51.0 Å². The van der Waals surface area contributed by atoms with Crippen molar-refractivity contribution in [3.63, 3.8) is 0 Å². The van der Waals surface area contributed by atoms with Crippen LogP contribution < -0.4 is 0 Å². The number of benzene rings is 1. The van der Waals surface area contributed by atoms with Crippen molar-refractivity contribution in [1.82, 2.24) is 0 Å². The fourth-order valence-corrected chi connectivity index (χ4v) is 4.22. The Morgan fingerprint density at radius 2 is 1.74 bits per heavy atom. The Kier molecular flexibility index (Phi) is 6.23. The van der Waals surface area contributed by atoms with Gasteiger partial charge in [0.1, 0.15) is 0 Å². The topological polar surface area (TPSA) is 52.6 Å². The van der Waals surface area contributed by atoms with Crippen molar-refractivity contribution in [2.45, 2.75) is 62.9 Å². The average Bonchev–Trinajstić information content (AvgIpc) is 2.55. The van der Waals surface area contributed by atoms with Gasteiger partial charge in [0, 0.05) is 13.5 Å². The number of aryl methyl sites for hydroxylation is 1. The second-order valence-electron chi connectivity index (χ2n) is 6.69. The molecule has 1 aromatic carbocycles. The van der Waals surface area contributed by atoms with Crippen LogP contribution >= 0.6 is 0 Å². The lowest BCUT2D eigenvalue weighted by Gasteiger charge is -2.38. The molecule has 1 fully saturated rings. The first-order valence-corrected chi connectivity index (χ1v) is 9.79. The first kappa shape index (κ1) is 18.4. The molecular weight excluding hydrogens is 312 g/mol. The van der Waals surface area contributed by atoms with Crippen LogP contribution in [0.4, 0.5) is 0 Å². The van der Waals surface area contributed by atoms with E-state index in [2.05, 4.69) is 6.92 Å². The number of rotatable bonds is 7. The number of ether oxygens (including phenoxy) is 1. The van der Waals surface area contributed by atoms with Crippen LogP contribution in [0.2, 0.25) is 0 Å². The fraction of sp³-hybridized carbons (Fsp3) is 0.667. The molecule has 130 valence electrons. The molecule has 0 aliphatic heterocycles. The summed E-state index contributed by atoms with van der Waals surface area (Å²) >= 11 is 0. The van der Waals surface area contributed by atoms with E-state index in [1.807, 2.05) is 6.92 Å². The van der Waals surface area contributed by atoms with E-state index in [0.29, 0.717) is 12.3 Å². The largest absolute Gasteiger partial charge is 0.378 e. The Balaban J connectivity index is 1.95. The molecule has 0 spiro atoms. The number of methoxy groups -OCH3 is 1. The lowest BCUT2D eigenvalue weighted by molar-refractivity contribution is -0.0671. The Morgan fingerprint density at radius 1 is 1.13 bits per heavy atom. The second-order valence-corrected chi connectivity index (χ2v) is 8.31. The Morgan fingerprint density at radius 3 is 2.30 bits per heavy atom. The van der Waals surface area contributed by atoms with Crippen molar-refractivity contribution >= 4 is 10.1 Å². The third kappa shape index (κ3) is 4.78. The Labute approximate surface area is 140 Å². The standard InChI is InChI=1S/C18H28O4S/c1-15-9-11-17(12-10-15)23(19,20)22-14-13-18(2,21-3)16-7-5-4-6-8-16/h9-12,16H,4-8,13-14H2,1-3H3. The minimum Gasteiger partial charge on any atom is -0.378 e. The second kappa shape index (κ2) is 7.77. The monoisotopic (exact) mass is 340 g/mol. The molecule has 1 atom stereocenters. The number of hydrogen-bond acceptors (Lipinski definition) is 4. The Bertz CT molecular complexity index is 588. The highest BCUT2D eigenvalue weighted by Crippen LogP contribution is 2.36. The molecule has 1 unspecified atom stereocenters. The highest BCUT2D eigenvalue weighted by atomic mass is 32.2. The summed E-state index contributed by atoms with van der Waals surface area (Å²) in [7, 11) is -1.98. The fourth-order valence-electron chi connectivity index (χ4n) is 3.31. The minimum atomic E-state index is -3.69. The first-order chi connectivity index (χ1) is 10.9. The van der Waals surface area contributed by atoms with E-state index in [1.54, 1.807) is 31.4 Å². The van der Waals surface area contributed by atoms with Gasteiger partial charge in [0.2, 0.25) is 0 Å². The lowest BCUT2D eigenvalue weighted by Crippen LogP contribution is -2.39. The van der Waals surface area contributed by atoms with Gasteiger partial charge in [-0.25, -0.2) is 0 Å². The molecule has 0 saturated heterocycles. The summed E-state index contributed by atoms with van der Waals surface area (Å²) in [6, 6.07) is 6.72. The van der Waals surface area contributed by atoms with Gasteiger partial charge in [0.25, 0.3) is 10.1 Å². The minimum absolute atomic E-state index is 0.150. The predicted molar refractivity (Wildman–Crippen MR) is 90.9 cm³/mol. The molecule has 2 rings (SSSR count). The first-order valence-electron chi connectivity index (χ1n) is 8.39. The van der Waals surface area contributed by atoms with Crippen molar-refractivity contribution in [2.24, 2.45) is 5.92 Å². The molecule has 0 heterocycles. The van der Waals surface area contributed by atoms with Crippen LogP contribution in [-0.4, -0.2) is 27.7 Å². The molecule has 0 aromatic heterocycles. The van der Waals surface area contributed by atoms with E-state index in [0.717, 1.165) is 18.4 Å². The van der Waals surface area contributed by atoms with E-state index in [1.165, 1.54) is 19.3 Å². The lowest BCUT2D eigenvalue weighted by atomic mass is 9.76. The normalized spacial score (nSPS) is 19.4. The SMILES string of the molecule is COC(C)(CCOS(=O)(=O)c1ccc(C)cc1)C1CCCCC1. The molecule has 1 aliphatic rings. The molecule has 5 heteroatoms. The molecule has 1 saturated carbocycles. The summed E-state index contributed by atoms with van der Waals surface area (Å²) in [5.74, 6) is 0.479. The van der Waals surface area contributed by atoms with Crippen LogP contribution in [0.15, 0.2) is 29.2 Å². The third-order valence-corrected chi connectivity index (χ3v) is 6.41. The molecule has 0 amide bonds. The third-order valence-electron chi connectivity index (χ3n) is 5.08. The molecule has 23 heavy (non-hydrogen) atoms. The van der Waals surface area contributed by atoms with Crippen molar-refractivity contribution in [1.29, 1.82) is 0 Å². The summed E-state index contributed by atoms with van der Waals surface area (Å²) in [4.78, 5) is 0.208. The number of hydrogen-bond donors (Lipinski definition) is 0. The summed E-state index contributed by atoms with van der Waals surface area (Å²) in [5, 5.41) is 0. The molecule has 1 aromatic rings. The van der Waals surface area contributed by atoms with Crippen LogP contribution in [0.5, 0.6) is 0 Å². The molecular formula is C18H28O4S. The van der Waals surface area contributed by atoms with Gasteiger partial charge in [-0.3, -0.25) is 4.18 Å². The maximum Gasteiger partial charge on any atom is 0.296 e. The molecule has 0 bridgehead atoms. The van der Waals surface area contributed by atoms with Crippen LogP contribution in [0.3, 0.4) is 0 Å². The zero-order valence-electron chi connectivity index (χ0n) is 14.4. The van der Waals surface area contributed by atoms with Gasteiger partial charge in [-0.2, -0.15) is 8.42 Å². The van der Waals surface area contributed by atoms with Gasteiger partial charge < -0.3 is 4.74 Å². The van der Waals surface area contributed by atoms with Gasteiger partial charge in [-0.05, 0) is 44.7 Å². The smallest absolute Gasteiger partial charge is 0.296 e. The maximum absolute atomic E-state index is 12.2. The van der Waals surface area contributed by atoms with Crippen molar-refractivity contribution < 1.29 is 17.3 Å². The van der Waals surface area contributed by atoms with Crippen molar-refractivity contribution in [2.75, 3.05) is 13.7 Å². The predicted octanol–water partition coefficient (Wildman–Crippen LogP) is 4.08. The van der Waals surface area contributed by atoms with Crippen molar-refractivity contribution in [3.8, 4) is 0 Å². The van der Waals surface area contributed by atoms with E-state index in [9.17, 15) is 8.42 Å². The maximum atomic E-state index is 12.2. The van der Waals surface area contributed by atoms with Crippen LogP contribution in [-0.2, 0) is 19.0 Å². The molecule has 4 nitrogen and oxygen atoms in total. The molecule has 1 aliphatic carbocycles. The van der Waals surface area contributed by atoms with Gasteiger partial charge in [0.05, 0.1) is 17.1 Å². The van der Waals surface area contributed by atoms with E-state index < -0.39 is 10.1 Å². The van der Waals surface area contributed by atoms with Gasteiger partial charge in [-0.1, -0.05) is 37.0 Å². The van der Waals surface area contributed by atoms with E-state index >= 15 is 0 Å². The zero-order valence-corrected chi connectivity index (χ0v) is 15.2.